The van der Waals surface area contributed by atoms with Gasteiger partial charge in [0.05, 0.1) is 10.4 Å². The Morgan fingerprint density at radius 2 is 2.05 bits per heavy atom. The van der Waals surface area contributed by atoms with E-state index < -0.39 is 0 Å². The first-order valence-electron chi connectivity index (χ1n) is 6.27. The summed E-state index contributed by atoms with van der Waals surface area (Å²) in [6.07, 6.45) is 12.4. The summed E-state index contributed by atoms with van der Waals surface area (Å²) in [5, 5.41) is 15.0. The molecule has 0 bridgehead atoms. The Balaban J connectivity index is 0.00000161. The molecule has 0 amide bonds. The SMILES string of the molecule is Cl.O=[N+]([O-])c1ccc2c(CC3=CC=CC=CN3)c[nH]c2c1. The predicted molar refractivity (Wildman–Crippen MR) is 85.4 cm³/mol. The van der Waals surface area contributed by atoms with Crippen molar-refractivity contribution in [1.82, 2.24) is 10.3 Å². The highest BCUT2D eigenvalue weighted by Crippen LogP contribution is 2.24. The molecule has 108 valence electrons. The maximum atomic E-state index is 10.8. The fourth-order valence-corrected chi connectivity index (χ4v) is 2.24. The first-order valence-corrected chi connectivity index (χ1v) is 6.27. The van der Waals surface area contributed by atoms with Crippen LogP contribution in [0.15, 0.2) is 60.6 Å². The van der Waals surface area contributed by atoms with Crippen LogP contribution in [0.3, 0.4) is 0 Å². The average Bonchev–Trinajstić information content (AvgIpc) is 2.66. The predicted octanol–water partition coefficient (Wildman–Crippen LogP) is 3.60. The van der Waals surface area contributed by atoms with Gasteiger partial charge >= 0.3 is 0 Å². The van der Waals surface area contributed by atoms with Gasteiger partial charge in [-0.1, -0.05) is 12.2 Å². The number of nitrogens with zero attached hydrogens (tertiary/aromatic N) is 1. The van der Waals surface area contributed by atoms with Gasteiger partial charge in [0, 0.05) is 42.0 Å². The van der Waals surface area contributed by atoms with Crippen LogP contribution in [-0.4, -0.2) is 9.91 Å². The quantitative estimate of drug-likeness (QED) is 0.672. The van der Waals surface area contributed by atoms with Crippen LogP contribution < -0.4 is 5.32 Å². The molecule has 5 nitrogen and oxygen atoms in total. The van der Waals surface area contributed by atoms with Gasteiger partial charge in [-0.05, 0) is 23.8 Å². The van der Waals surface area contributed by atoms with E-state index in [4.69, 9.17) is 0 Å². The van der Waals surface area contributed by atoms with E-state index in [2.05, 4.69) is 10.3 Å². The zero-order chi connectivity index (χ0) is 13.9. The molecule has 0 aliphatic carbocycles. The van der Waals surface area contributed by atoms with E-state index in [0.29, 0.717) is 0 Å². The summed E-state index contributed by atoms with van der Waals surface area (Å²) < 4.78 is 0. The topological polar surface area (TPSA) is 71.0 Å². The molecule has 0 unspecified atom stereocenters. The van der Waals surface area contributed by atoms with E-state index in [1.807, 2.05) is 36.7 Å². The minimum Gasteiger partial charge on any atom is -0.365 e. The molecule has 3 rings (SSSR count). The Bertz CT molecular complexity index is 759. The number of hydrogen-bond donors (Lipinski definition) is 2. The molecule has 1 aliphatic heterocycles. The average molecular weight is 304 g/mol. The minimum absolute atomic E-state index is 0. The van der Waals surface area contributed by atoms with Gasteiger partial charge in [0.1, 0.15) is 0 Å². The molecule has 6 heteroatoms. The molecular weight excluding hydrogens is 290 g/mol. The van der Waals surface area contributed by atoms with Crippen LogP contribution in [0.25, 0.3) is 10.9 Å². The zero-order valence-electron chi connectivity index (χ0n) is 11.1. The monoisotopic (exact) mass is 303 g/mol. The van der Waals surface area contributed by atoms with Gasteiger partial charge < -0.3 is 10.3 Å². The van der Waals surface area contributed by atoms with Crippen LogP contribution in [0.2, 0.25) is 0 Å². The van der Waals surface area contributed by atoms with E-state index in [1.54, 1.807) is 12.1 Å². The fourth-order valence-electron chi connectivity index (χ4n) is 2.24. The van der Waals surface area contributed by atoms with Crippen molar-refractivity contribution in [2.75, 3.05) is 0 Å². The van der Waals surface area contributed by atoms with Crippen LogP contribution >= 0.6 is 12.4 Å². The Morgan fingerprint density at radius 3 is 2.86 bits per heavy atom. The van der Waals surface area contributed by atoms with Crippen molar-refractivity contribution in [2.24, 2.45) is 0 Å². The largest absolute Gasteiger partial charge is 0.365 e. The molecule has 2 aromatic rings. The number of halogens is 1. The van der Waals surface area contributed by atoms with Crippen molar-refractivity contribution in [3.8, 4) is 0 Å². The lowest BCUT2D eigenvalue weighted by Gasteiger charge is -2.05. The first-order chi connectivity index (χ1) is 9.74. The second-order valence-corrected chi connectivity index (χ2v) is 4.56. The number of nitro benzene ring substituents is 1. The number of fused-ring (bicyclic) bond motifs is 1. The molecule has 0 saturated heterocycles. The molecule has 1 aromatic carbocycles. The third kappa shape index (κ3) is 3.14. The summed E-state index contributed by atoms with van der Waals surface area (Å²) in [5.41, 5.74) is 3.07. The summed E-state index contributed by atoms with van der Waals surface area (Å²) in [4.78, 5) is 13.5. The molecule has 0 spiro atoms. The number of hydrogen-bond acceptors (Lipinski definition) is 3. The van der Waals surface area contributed by atoms with Gasteiger partial charge in [0.15, 0.2) is 0 Å². The van der Waals surface area contributed by atoms with E-state index in [-0.39, 0.29) is 23.0 Å². The van der Waals surface area contributed by atoms with E-state index in [0.717, 1.165) is 28.6 Å². The number of nitrogens with one attached hydrogen (secondary N) is 2. The molecule has 0 radical (unpaired) electrons. The molecule has 1 aliphatic rings. The molecule has 0 atom stereocenters. The van der Waals surface area contributed by atoms with Gasteiger partial charge in [-0.15, -0.1) is 12.4 Å². The van der Waals surface area contributed by atoms with Crippen molar-refractivity contribution < 1.29 is 4.92 Å². The highest BCUT2D eigenvalue weighted by atomic mass is 35.5. The Kier molecular flexibility index (Phi) is 4.45. The van der Waals surface area contributed by atoms with E-state index in [1.165, 1.54) is 6.07 Å². The maximum Gasteiger partial charge on any atom is 0.271 e. The van der Waals surface area contributed by atoms with Crippen LogP contribution in [0.1, 0.15) is 5.56 Å². The molecule has 1 aromatic heterocycles. The minimum atomic E-state index is -0.384. The molecule has 2 heterocycles. The first kappa shape index (κ1) is 14.9. The third-order valence-corrected chi connectivity index (χ3v) is 3.23. The highest BCUT2D eigenvalue weighted by Gasteiger charge is 2.10. The number of nitro groups is 1. The lowest BCUT2D eigenvalue weighted by atomic mass is 10.1. The number of rotatable bonds is 3. The zero-order valence-corrected chi connectivity index (χ0v) is 11.9. The third-order valence-electron chi connectivity index (χ3n) is 3.23. The lowest BCUT2D eigenvalue weighted by molar-refractivity contribution is -0.384. The number of aromatic amines is 1. The summed E-state index contributed by atoms with van der Waals surface area (Å²) in [6.45, 7) is 0. The molecule has 0 saturated carbocycles. The molecule has 0 fully saturated rings. The Morgan fingerprint density at radius 1 is 1.19 bits per heavy atom. The van der Waals surface area contributed by atoms with Crippen molar-refractivity contribution in [1.29, 1.82) is 0 Å². The molecule has 21 heavy (non-hydrogen) atoms. The second kappa shape index (κ2) is 6.28. The maximum absolute atomic E-state index is 10.8. The van der Waals surface area contributed by atoms with Crippen molar-refractivity contribution in [2.45, 2.75) is 6.42 Å². The van der Waals surface area contributed by atoms with Gasteiger partial charge in [-0.2, -0.15) is 0 Å². The Hall–Kier alpha value is -2.53. The van der Waals surface area contributed by atoms with Gasteiger partial charge in [-0.3, -0.25) is 10.1 Å². The normalized spacial score (nSPS) is 13.2. The van der Waals surface area contributed by atoms with Gasteiger partial charge in [0.25, 0.3) is 5.69 Å². The standard InChI is InChI=1S/C15H13N3O2.ClH/c19-18(20)13-5-6-14-11(10-17-15(14)9-13)8-12-4-2-1-3-7-16-12;/h1-7,9-10,16-17H,8H2;1H. The summed E-state index contributed by atoms with van der Waals surface area (Å²) in [5.74, 6) is 0. The van der Waals surface area contributed by atoms with Crippen molar-refractivity contribution in [3.63, 3.8) is 0 Å². The summed E-state index contributed by atoms with van der Waals surface area (Å²) in [7, 11) is 0. The number of aromatic nitrogens is 1. The number of allylic oxidation sites excluding steroid dienone is 5. The number of benzene rings is 1. The highest BCUT2D eigenvalue weighted by molar-refractivity contribution is 5.85. The van der Waals surface area contributed by atoms with Crippen molar-refractivity contribution >= 4 is 29.0 Å². The Labute approximate surface area is 127 Å². The number of H-pyrrole nitrogens is 1. The lowest BCUT2D eigenvalue weighted by Crippen LogP contribution is -2.06. The summed E-state index contributed by atoms with van der Waals surface area (Å²) in [6, 6.07) is 4.89. The van der Waals surface area contributed by atoms with Crippen molar-refractivity contribution in [3.05, 3.63) is 76.3 Å². The molecule has 2 N–H and O–H groups in total. The second-order valence-electron chi connectivity index (χ2n) is 4.56. The number of non-ortho nitro benzene ring substituents is 1. The van der Waals surface area contributed by atoms with Crippen LogP contribution in [-0.2, 0) is 6.42 Å². The van der Waals surface area contributed by atoms with E-state index in [9.17, 15) is 10.1 Å². The summed E-state index contributed by atoms with van der Waals surface area (Å²) >= 11 is 0. The van der Waals surface area contributed by atoms with Crippen LogP contribution in [0.5, 0.6) is 0 Å². The van der Waals surface area contributed by atoms with Crippen LogP contribution in [0.4, 0.5) is 5.69 Å². The smallest absolute Gasteiger partial charge is 0.271 e. The fraction of sp³-hybridized carbons (Fsp3) is 0.0667. The van der Waals surface area contributed by atoms with Crippen LogP contribution in [0, 0.1) is 10.1 Å². The van der Waals surface area contributed by atoms with E-state index >= 15 is 0 Å². The van der Waals surface area contributed by atoms with Gasteiger partial charge in [-0.25, -0.2) is 0 Å². The van der Waals surface area contributed by atoms with Gasteiger partial charge in [0.2, 0.25) is 0 Å². The molecular formula is C15H14ClN3O2.